The van der Waals surface area contributed by atoms with Crippen LogP contribution in [-0.2, 0) is 16.8 Å². The van der Waals surface area contributed by atoms with Crippen LogP contribution in [-0.4, -0.2) is 32.6 Å². The van der Waals surface area contributed by atoms with Crippen LogP contribution < -0.4 is 20.7 Å². The van der Waals surface area contributed by atoms with Crippen molar-refractivity contribution < 1.29 is 9.53 Å². The van der Waals surface area contributed by atoms with E-state index in [0.717, 1.165) is 18.1 Å². The number of benzene rings is 2. The lowest BCUT2D eigenvalue weighted by atomic mass is 9.64. The Morgan fingerprint density at radius 1 is 1.14 bits per heavy atom. The van der Waals surface area contributed by atoms with Crippen molar-refractivity contribution in [2.24, 2.45) is 4.99 Å². The van der Waals surface area contributed by atoms with Gasteiger partial charge in [0.05, 0.1) is 12.8 Å². The minimum absolute atomic E-state index is 0.127. The molecule has 3 rings (SSSR count). The smallest absolute Gasteiger partial charge is 0.221 e. The Kier molecular flexibility index (Phi) is 6.75. The molecule has 0 aliphatic heterocycles. The highest BCUT2D eigenvalue weighted by Gasteiger charge is 2.38. The molecule has 0 heterocycles. The summed E-state index contributed by atoms with van der Waals surface area (Å²) in [5.74, 6) is 1.28. The Morgan fingerprint density at radius 3 is 2.48 bits per heavy atom. The summed E-state index contributed by atoms with van der Waals surface area (Å²) >= 11 is 0. The van der Waals surface area contributed by atoms with Crippen LogP contribution in [0.5, 0.6) is 5.75 Å². The number of carbonyl (C=O) groups is 1. The molecule has 0 saturated heterocycles. The summed E-state index contributed by atoms with van der Waals surface area (Å²) in [7, 11) is 3.37. The number of ether oxygens (including phenoxy) is 1. The maximum atomic E-state index is 11.4. The van der Waals surface area contributed by atoms with Gasteiger partial charge in [-0.25, -0.2) is 0 Å². The number of anilines is 1. The zero-order chi connectivity index (χ0) is 20.7. The second kappa shape index (κ2) is 9.45. The average molecular weight is 395 g/mol. The van der Waals surface area contributed by atoms with Gasteiger partial charge in [-0.1, -0.05) is 42.8 Å². The van der Waals surface area contributed by atoms with Crippen LogP contribution in [0.3, 0.4) is 0 Å². The van der Waals surface area contributed by atoms with Gasteiger partial charge < -0.3 is 20.7 Å². The first-order valence-electron chi connectivity index (χ1n) is 10.0. The Balaban J connectivity index is 1.60. The van der Waals surface area contributed by atoms with Gasteiger partial charge in [0.15, 0.2) is 5.96 Å². The highest BCUT2D eigenvalue weighted by Crippen LogP contribution is 2.43. The molecule has 154 valence electrons. The van der Waals surface area contributed by atoms with Crippen LogP contribution in [0.15, 0.2) is 53.5 Å². The third kappa shape index (κ3) is 5.08. The molecule has 1 aliphatic rings. The molecule has 0 atom stereocenters. The molecule has 1 saturated carbocycles. The Labute approximate surface area is 172 Å². The monoisotopic (exact) mass is 394 g/mol. The van der Waals surface area contributed by atoms with Crippen molar-refractivity contribution in [3.8, 4) is 5.75 Å². The van der Waals surface area contributed by atoms with Crippen molar-refractivity contribution in [1.29, 1.82) is 0 Å². The van der Waals surface area contributed by atoms with E-state index < -0.39 is 0 Å². The number of amides is 1. The number of nitrogens with one attached hydrogen (secondary N) is 3. The maximum absolute atomic E-state index is 11.4. The molecule has 6 heteroatoms. The van der Waals surface area contributed by atoms with Gasteiger partial charge in [0.2, 0.25) is 5.91 Å². The summed E-state index contributed by atoms with van der Waals surface area (Å²) in [6.07, 6.45) is 3.65. The second-order valence-corrected chi connectivity index (χ2v) is 7.50. The van der Waals surface area contributed by atoms with Crippen molar-refractivity contribution in [3.05, 3.63) is 59.7 Å². The molecule has 29 heavy (non-hydrogen) atoms. The van der Waals surface area contributed by atoms with Crippen molar-refractivity contribution in [2.45, 2.75) is 38.1 Å². The number of hydrogen-bond acceptors (Lipinski definition) is 3. The Morgan fingerprint density at radius 2 is 1.90 bits per heavy atom. The summed E-state index contributed by atoms with van der Waals surface area (Å²) in [5.41, 5.74) is 3.28. The van der Waals surface area contributed by atoms with Gasteiger partial charge >= 0.3 is 0 Å². The molecule has 0 bridgehead atoms. The molecule has 1 amide bonds. The maximum Gasteiger partial charge on any atom is 0.221 e. The fourth-order valence-electron chi connectivity index (χ4n) is 3.77. The summed E-state index contributed by atoms with van der Waals surface area (Å²) in [6, 6.07) is 16.5. The van der Waals surface area contributed by atoms with Crippen molar-refractivity contribution in [2.75, 3.05) is 26.0 Å². The van der Waals surface area contributed by atoms with E-state index in [1.54, 1.807) is 14.2 Å². The molecule has 3 N–H and O–H groups in total. The molecule has 0 aromatic heterocycles. The summed E-state index contributed by atoms with van der Waals surface area (Å²) < 4.78 is 5.31. The van der Waals surface area contributed by atoms with Crippen LogP contribution in [0.1, 0.15) is 37.3 Å². The van der Waals surface area contributed by atoms with E-state index in [-0.39, 0.29) is 11.3 Å². The first-order chi connectivity index (χ1) is 14.1. The standard InChI is InChI=1S/C23H30N4O2/c1-17(28)27-20-14-18(10-11-21(20)29-3)15-25-22(24-2)26-16-23(12-7-13-23)19-8-5-4-6-9-19/h4-6,8-11,14H,7,12-13,15-16H2,1-3H3,(H,27,28)(H2,24,25,26). The lowest BCUT2D eigenvalue weighted by Gasteiger charge is -2.43. The third-order valence-corrected chi connectivity index (χ3v) is 5.55. The van der Waals surface area contributed by atoms with Gasteiger partial charge in [-0.2, -0.15) is 0 Å². The van der Waals surface area contributed by atoms with Gasteiger partial charge in [-0.3, -0.25) is 9.79 Å². The fourth-order valence-corrected chi connectivity index (χ4v) is 3.77. The molecule has 2 aromatic carbocycles. The average Bonchev–Trinajstić information content (AvgIpc) is 2.70. The first-order valence-corrected chi connectivity index (χ1v) is 10.0. The van der Waals surface area contributed by atoms with E-state index in [9.17, 15) is 4.79 Å². The van der Waals surface area contributed by atoms with Crippen LogP contribution in [0, 0.1) is 0 Å². The van der Waals surface area contributed by atoms with Crippen molar-refractivity contribution >= 4 is 17.6 Å². The molecule has 0 radical (unpaired) electrons. The number of hydrogen-bond donors (Lipinski definition) is 3. The second-order valence-electron chi connectivity index (χ2n) is 7.50. The molecule has 2 aromatic rings. The molecular weight excluding hydrogens is 364 g/mol. The highest BCUT2D eigenvalue weighted by atomic mass is 16.5. The quantitative estimate of drug-likeness (QED) is 0.497. The predicted octanol–water partition coefficient (Wildman–Crippen LogP) is 3.44. The van der Waals surface area contributed by atoms with Gasteiger partial charge in [0, 0.05) is 32.5 Å². The van der Waals surface area contributed by atoms with Crippen LogP contribution in [0.25, 0.3) is 0 Å². The van der Waals surface area contributed by atoms with Gasteiger partial charge in [-0.05, 0) is 36.1 Å². The molecule has 6 nitrogen and oxygen atoms in total. The van der Waals surface area contributed by atoms with Crippen LogP contribution in [0.4, 0.5) is 5.69 Å². The highest BCUT2D eigenvalue weighted by molar-refractivity contribution is 5.90. The zero-order valence-corrected chi connectivity index (χ0v) is 17.4. The lowest BCUT2D eigenvalue weighted by molar-refractivity contribution is -0.114. The van der Waals surface area contributed by atoms with Gasteiger partial charge in [0.25, 0.3) is 0 Å². The minimum Gasteiger partial charge on any atom is -0.495 e. The van der Waals surface area contributed by atoms with E-state index in [1.165, 1.54) is 31.7 Å². The van der Waals surface area contributed by atoms with Gasteiger partial charge in [0.1, 0.15) is 5.75 Å². The largest absolute Gasteiger partial charge is 0.495 e. The SMILES string of the molecule is CN=C(NCc1ccc(OC)c(NC(C)=O)c1)NCC1(c2ccccc2)CCC1. The van der Waals surface area contributed by atoms with E-state index in [0.29, 0.717) is 18.0 Å². The minimum atomic E-state index is -0.127. The predicted molar refractivity (Wildman–Crippen MR) is 117 cm³/mol. The van der Waals surface area contributed by atoms with Crippen LogP contribution >= 0.6 is 0 Å². The Bertz CT molecular complexity index is 860. The van der Waals surface area contributed by atoms with Crippen molar-refractivity contribution in [1.82, 2.24) is 10.6 Å². The van der Waals surface area contributed by atoms with E-state index in [1.807, 2.05) is 18.2 Å². The van der Waals surface area contributed by atoms with Crippen molar-refractivity contribution in [3.63, 3.8) is 0 Å². The number of nitrogens with zero attached hydrogens (tertiary/aromatic N) is 1. The van der Waals surface area contributed by atoms with E-state index in [4.69, 9.17) is 4.74 Å². The molecule has 0 spiro atoms. The van der Waals surface area contributed by atoms with Gasteiger partial charge in [-0.15, -0.1) is 0 Å². The first kappa shape index (κ1) is 20.7. The number of rotatable bonds is 7. The molecule has 1 aliphatic carbocycles. The fraction of sp³-hybridized carbons (Fsp3) is 0.391. The normalized spacial score (nSPS) is 15.2. The zero-order valence-electron chi connectivity index (χ0n) is 17.4. The molecular formula is C23H30N4O2. The molecule has 0 unspecified atom stereocenters. The summed E-state index contributed by atoms with van der Waals surface area (Å²) in [6.45, 7) is 2.93. The lowest BCUT2D eigenvalue weighted by Crippen LogP contribution is -2.48. The summed E-state index contributed by atoms with van der Waals surface area (Å²) in [5, 5.41) is 9.66. The number of carbonyl (C=O) groups excluding carboxylic acids is 1. The number of methoxy groups -OCH3 is 1. The number of guanidine groups is 1. The Hall–Kier alpha value is -3.02. The third-order valence-electron chi connectivity index (χ3n) is 5.55. The summed E-state index contributed by atoms with van der Waals surface area (Å²) in [4.78, 5) is 15.8. The van der Waals surface area contributed by atoms with E-state index >= 15 is 0 Å². The van der Waals surface area contributed by atoms with E-state index in [2.05, 4.69) is 51.3 Å². The molecule has 1 fully saturated rings. The van der Waals surface area contributed by atoms with Crippen LogP contribution in [0.2, 0.25) is 0 Å². The topological polar surface area (TPSA) is 74.8 Å². The number of aliphatic imine (C=N–C) groups is 1.